The van der Waals surface area contributed by atoms with Crippen LogP contribution in [-0.4, -0.2) is 13.0 Å². The van der Waals surface area contributed by atoms with Gasteiger partial charge in [0.2, 0.25) is 0 Å². The van der Waals surface area contributed by atoms with Crippen molar-refractivity contribution in [3.8, 4) is 6.07 Å². The lowest BCUT2D eigenvalue weighted by Crippen LogP contribution is -2.23. The number of hydrogen-bond acceptors (Lipinski definition) is 4. The summed E-state index contributed by atoms with van der Waals surface area (Å²) in [6, 6.07) is 13.9. The predicted molar refractivity (Wildman–Crippen MR) is 94.8 cm³/mol. The van der Waals surface area contributed by atoms with E-state index >= 15 is 0 Å². The molecule has 126 valence electrons. The van der Waals surface area contributed by atoms with Crippen LogP contribution in [-0.2, 0) is 17.9 Å². The van der Waals surface area contributed by atoms with Crippen molar-refractivity contribution in [3.63, 3.8) is 0 Å². The fourth-order valence-corrected chi connectivity index (χ4v) is 3.78. The molecule has 25 heavy (non-hydrogen) atoms. The first-order chi connectivity index (χ1) is 12.1. The number of nitrogens with zero attached hydrogens (tertiary/aromatic N) is 1. The molecule has 3 rings (SSSR count). The van der Waals surface area contributed by atoms with Gasteiger partial charge in [-0.25, -0.2) is 4.39 Å². The number of nitrogens with one attached hydrogen (secondary N) is 1. The Balaban J connectivity index is 1.88. The maximum atomic E-state index is 14.2. The van der Waals surface area contributed by atoms with Crippen LogP contribution >= 0.6 is 11.3 Å². The van der Waals surface area contributed by atoms with Crippen molar-refractivity contribution in [1.29, 1.82) is 5.26 Å². The van der Waals surface area contributed by atoms with E-state index in [1.54, 1.807) is 30.3 Å². The molecule has 0 bridgehead atoms. The van der Waals surface area contributed by atoms with Crippen LogP contribution in [0.2, 0.25) is 0 Å². The summed E-state index contributed by atoms with van der Waals surface area (Å²) in [7, 11) is 1.51. The van der Waals surface area contributed by atoms with Gasteiger partial charge < -0.3 is 10.1 Å². The van der Waals surface area contributed by atoms with Gasteiger partial charge in [0.15, 0.2) is 0 Å². The van der Waals surface area contributed by atoms with Crippen LogP contribution < -0.4 is 5.32 Å². The van der Waals surface area contributed by atoms with Crippen LogP contribution in [0, 0.1) is 17.1 Å². The fourth-order valence-electron chi connectivity index (χ4n) is 2.65. The van der Waals surface area contributed by atoms with Gasteiger partial charge in [0.25, 0.3) is 5.91 Å². The van der Waals surface area contributed by atoms with E-state index in [4.69, 9.17) is 10.00 Å². The Labute approximate surface area is 148 Å². The molecule has 0 spiro atoms. The number of methoxy groups -OCH3 is 1. The molecule has 1 aromatic heterocycles. The first-order valence-corrected chi connectivity index (χ1v) is 8.41. The monoisotopic (exact) mass is 354 g/mol. The average molecular weight is 354 g/mol. The second-order valence-corrected chi connectivity index (χ2v) is 6.50. The molecule has 6 heteroatoms. The Kier molecular flexibility index (Phi) is 5.08. The standard InChI is InChI=1S/C19H15FN2O2S/c1-24-11-14-17-15(20)6-3-7-16(17)25-18(14)19(23)22-10-13-5-2-4-12(8-13)9-21/h2-8H,10-11H2,1H3,(H,22,23). The van der Waals surface area contributed by atoms with Crippen LogP contribution in [0.3, 0.4) is 0 Å². The molecule has 3 aromatic rings. The zero-order chi connectivity index (χ0) is 17.8. The molecule has 0 radical (unpaired) electrons. The van der Waals surface area contributed by atoms with E-state index < -0.39 is 0 Å². The lowest BCUT2D eigenvalue weighted by Gasteiger charge is -2.07. The van der Waals surface area contributed by atoms with Gasteiger partial charge in [0.1, 0.15) is 5.82 Å². The van der Waals surface area contributed by atoms with E-state index in [-0.39, 0.29) is 24.9 Å². The maximum absolute atomic E-state index is 14.2. The highest BCUT2D eigenvalue weighted by Gasteiger charge is 2.20. The molecule has 0 fully saturated rings. The third-order valence-electron chi connectivity index (χ3n) is 3.77. The molecule has 0 saturated heterocycles. The summed E-state index contributed by atoms with van der Waals surface area (Å²) in [6.45, 7) is 0.450. The minimum absolute atomic E-state index is 0.160. The van der Waals surface area contributed by atoms with Crippen LogP contribution in [0.4, 0.5) is 4.39 Å². The second kappa shape index (κ2) is 7.43. The van der Waals surface area contributed by atoms with Crippen LogP contribution in [0.15, 0.2) is 42.5 Å². The van der Waals surface area contributed by atoms with Gasteiger partial charge in [-0.3, -0.25) is 4.79 Å². The Morgan fingerprint density at radius 1 is 1.32 bits per heavy atom. The Morgan fingerprint density at radius 3 is 2.88 bits per heavy atom. The number of rotatable bonds is 5. The van der Waals surface area contributed by atoms with Gasteiger partial charge in [-0.2, -0.15) is 5.26 Å². The fraction of sp³-hybridized carbons (Fsp3) is 0.158. The van der Waals surface area contributed by atoms with Crippen molar-refractivity contribution in [2.24, 2.45) is 0 Å². The summed E-state index contributed by atoms with van der Waals surface area (Å²) in [4.78, 5) is 13.0. The molecule has 0 aliphatic heterocycles. The summed E-state index contributed by atoms with van der Waals surface area (Å²) in [5.74, 6) is -0.642. The number of fused-ring (bicyclic) bond motifs is 1. The van der Waals surface area contributed by atoms with Crippen LogP contribution in [0.25, 0.3) is 10.1 Å². The Morgan fingerprint density at radius 2 is 2.12 bits per heavy atom. The second-order valence-electron chi connectivity index (χ2n) is 5.45. The molecule has 0 saturated carbocycles. The molecule has 2 aromatic carbocycles. The number of hydrogen-bond donors (Lipinski definition) is 1. The van der Waals surface area contributed by atoms with Crippen LogP contribution in [0.1, 0.15) is 26.4 Å². The number of thiophene rings is 1. The molecular weight excluding hydrogens is 339 g/mol. The minimum atomic E-state index is -0.360. The quantitative estimate of drug-likeness (QED) is 0.754. The van der Waals surface area contributed by atoms with Gasteiger partial charge in [0, 0.05) is 29.3 Å². The first-order valence-electron chi connectivity index (χ1n) is 7.60. The normalized spacial score (nSPS) is 10.6. The van der Waals surface area contributed by atoms with E-state index in [1.165, 1.54) is 24.5 Å². The summed E-state index contributed by atoms with van der Waals surface area (Å²) in [5, 5.41) is 12.2. The van der Waals surface area contributed by atoms with Crippen molar-refractivity contribution < 1.29 is 13.9 Å². The van der Waals surface area contributed by atoms with Gasteiger partial charge in [-0.05, 0) is 29.8 Å². The van der Waals surface area contributed by atoms with E-state index in [0.29, 0.717) is 26.1 Å². The van der Waals surface area contributed by atoms with Crippen molar-refractivity contribution in [2.75, 3.05) is 7.11 Å². The van der Waals surface area contributed by atoms with Crippen molar-refractivity contribution >= 4 is 27.3 Å². The SMILES string of the molecule is COCc1c(C(=O)NCc2cccc(C#N)c2)sc2cccc(F)c12. The molecule has 1 heterocycles. The first kappa shape index (κ1) is 17.1. The summed E-state index contributed by atoms with van der Waals surface area (Å²) in [5.41, 5.74) is 1.92. The third-order valence-corrected chi connectivity index (χ3v) is 4.96. The zero-order valence-electron chi connectivity index (χ0n) is 13.5. The zero-order valence-corrected chi connectivity index (χ0v) is 14.3. The molecular formula is C19H15FN2O2S. The van der Waals surface area contributed by atoms with Crippen molar-refractivity contribution in [2.45, 2.75) is 13.2 Å². The van der Waals surface area contributed by atoms with Gasteiger partial charge in [-0.15, -0.1) is 11.3 Å². The number of ether oxygens (including phenoxy) is 1. The Bertz CT molecular complexity index is 975. The topological polar surface area (TPSA) is 62.1 Å². The Hall–Kier alpha value is -2.75. The van der Waals surface area contributed by atoms with Crippen molar-refractivity contribution in [3.05, 3.63) is 69.8 Å². The molecule has 0 atom stereocenters. The number of benzene rings is 2. The smallest absolute Gasteiger partial charge is 0.262 e. The van der Waals surface area contributed by atoms with E-state index in [2.05, 4.69) is 11.4 Å². The lowest BCUT2D eigenvalue weighted by molar-refractivity contribution is 0.0950. The lowest BCUT2D eigenvalue weighted by atomic mass is 10.1. The number of carbonyl (C=O) groups is 1. The number of nitriles is 1. The largest absolute Gasteiger partial charge is 0.380 e. The number of halogens is 1. The maximum Gasteiger partial charge on any atom is 0.262 e. The number of amides is 1. The third kappa shape index (κ3) is 3.53. The van der Waals surface area contributed by atoms with E-state index in [9.17, 15) is 9.18 Å². The highest BCUT2D eigenvalue weighted by Crippen LogP contribution is 2.33. The molecule has 1 amide bonds. The van der Waals surface area contributed by atoms with Crippen molar-refractivity contribution in [1.82, 2.24) is 5.32 Å². The summed E-state index contributed by atoms with van der Waals surface area (Å²) < 4.78 is 20.0. The average Bonchev–Trinajstić information content (AvgIpc) is 3.00. The van der Waals surface area contributed by atoms with E-state index in [1.807, 2.05) is 6.07 Å². The molecule has 4 nitrogen and oxygen atoms in total. The summed E-state index contributed by atoms with van der Waals surface area (Å²) in [6.07, 6.45) is 0. The highest BCUT2D eigenvalue weighted by molar-refractivity contribution is 7.21. The number of carbonyl (C=O) groups excluding carboxylic acids is 1. The molecule has 0 aliphatic carbocycles. The molecule has 1 N–H and O–H groups in total. The summed E-state index contributed by atoms with van der Waals surface area (Å²) >= 11 is 1.24. The van der Waals surface area contributed by atoms with E-state index in [0.717, 1.165) is 5.56 Å². The molecule has 0 unspecified atom stereocenters. The van der Waals surface area contributed by atoms with Gasteiger partial charge >= 0.3 is 0 Å². The van der Waals surface area contributed by atoms with Crippen LogP contribution in [0.5, 0.6) is 0 Å². The minimum Gasteiger partial charge on any atom is -0.380 e. The molecule has 0 aliphatic rings. The predicted octanol–water partition coefficient (Wildman–Crippen LogP) is 3.99. The van der Waals surface area contributed by atoms with Gasteiger partial charge in [-0.1, -0.05) is 18.2 Å². The van der Waals surface area contributed by atoms with Gasteiger partial charge in [0.05, 0.1) is 23.1 Å². The highest BCUT2D eigenvalue weighted by atomic mass is 32.1.